The number of likely N-dealkylation sites (tertiary alicyclic amines) is 1. The summed E-state index contributed by atoms with van der Waals surface area (Å²) in [5.41, 5.74) is -0.596. The number of amides is 2. The van der Waals surface area contributed by atoms with Gasteiger partial charge in [0.25, 0.3) is 5.91 Å². The fraction of sp³-hybridized carbons (Fsp3) is 0.333. The predicted molar refractivity (Wildman–Crippen MR) is 101 cm³/mol. The lowest BCUT2D eigenvalue weighted by atomic mass is 9.96. The first-order valence-corrected chi connectivity index (χ1v) is 9.29. The van der Waals surface area contributed by atoms with E-state index in [0.717, 1.165) is 25.0 Å². The number of furan rings is 1. The zero-order valence-electron chi connectivity index (χ0n) is 15.6. The topological polar surface area (TPSA) is 62.6 Å². The number of nitrogens with zero attached hydrogens (tertiary/aromatic N) is 1. The van der Waals surface area contributed by atoms with Crippen molar-refractivity contribution in [3.8, 4) is 0 Å². The van der Waals surface area contributed by atoms with Crippen LogP contribution < -0.4 is 5.32 Å². The van der Waals surface area contributed by atoms with Gasteiger partial charge in [0.05, 0.1) is 11.8 Å². The van der Waals surface area contributed by atoms with Gasteiger partial charge in [-0.3, -0.25) is 9.59 Å². The van der Waals surface area contributed by atoms with Gasteiger partial charge in [-0.25, -0.2) is 0 Å². The van der Waals surface area contributed by atoms with Gasteiger partial charge in [0.1, 0.15) is 5.76 Å². The van der Waals surface area contributed by atoms with Crippen LogP contribution in [0.5, 0.6) is 0 Å². The van der Waals surface area contributed by atoms with Crippen LogP contribution in [0.15, 0.2) is 53.2 Å². The molecular weight excluding hydrogens is 385 g/mol. The second-order valence-electron chi connectivity index (χ2n) is 6.90. The van der Waals surface area contributed by atoms with Gasteiger partial charge in [0, 0.05) is 31.3 Å². The molecule has 29 heavy (non-hydrogen) atoms. The van der Waals surface area contributed by atoms with E-state index in [9.17, 15) is 22.8 Å². The van der Waals surface area contributed by atoms with Crippen LogP contribution in [0.2, 0.25) is 0 Å². The molecule has 1 fully saturated rings. The van der Waals surface area contributed by atoms with Crippen LogP contribution in [0.25, 0.3) is 6.08 Å². The SMILES string of the molecule is O=C(NCC1CCN(C(=O)/C=C/c2ccco2)CC1)c1ccc(C(F)(F)F)cc1. The number of benzene rings is 1. The average molecular weight is 406 g/mol. The summed E-state index contributed by atoms with van der Waals surface area (Å²) in [4.78, 5) is 26.1. The van der Waals surface area contributed by atoms with E-state index in [-0.39, 0.29) is 17.4 Å². The van der Waals surface area contributed by atoms with E-state index in [1.165, 1.54) is 24.5 Å². The number of carbonyl (C=O) groups excluding carboxylic acids is 2. The van der Waals surface area contributed by atoms with E-state index in [4.69, 9.17) is 4.42 Å². The molecule has 0 aliphatic carbocycles. The van der Waals surface area contributed by atoms with Gasteiger partial charge in [0.2, 0.25) is 5.91 Å². The van der Waals surface area contributed by atoms with Crippen LogP contribution in [0.3, 0.4) is 0 Å². The predicted octanol–water partition coefficient (Wildman–Crippen LogP) is 3.98. The zero-order valence-corrected chi connectivity index (χ0v) is 15.6. The van der Waals surface area contributed by atoms with E-state index in [1.807, 2.05) is 0 Å². The summed E-state index contributed by atoms with van der Waals surface area (Å²) in [6.07, 6.45) is 1.70. The molecule has 1 aromatic heterocycles. The van der Waals surface area contributed by atoms with E-state index in [0.29, 0.717) is 25.4 Å². The maximum atomic E-state index is 12.6. The number of nitrogens with one attached hydrogen (secondary N) is 1. The second-order valence-corrected chi connectivity index (χ2v) is 6.90. The van der Waals surface area contributed by atoms with Crippen molar-refractivity contribution >= 4 is 17.9 Å². The highest BCUT2D eigenvalue weighted by Gasteiger charge is 2.30. The monoisotopic (exact) mass is 406 g/mol. The summed E-state index contributed by atoms with van der Waals surface area (Å²) in [6, 6.07) is 7.64. The third-order valence-electron chi connectivity index (χ3n) is 4.89. The molecule has 2 amide bonds. The molecule has 0 atom stereocenters. The van der Waals surface area contributed by atoms with Crippen molar-refractivity contribution < 1.29 is 27.2 Å². The lowest BCUT2D eigenvalue weighted by Gasteiger charge is -2.31. The molecule has 0 bridgehead atoms. The number of alkyl halides is 3. The van der Waals surface area contributed by atoms with Crippen LogP contribution in [0.4, 0.5) is 13.2 Å². The van der Waals surface area contributed by atoms with E-state index in [2.05, 4.69) is 5.32 Å². The fourth-order valence-corrected chi connectivity index (χ4v) is 3.15. The number of rotatable bonds is 5. The standard InChI is InChI=1S/C21H21F3N2O3/c22-21(23,24)17-5-3-16(4-6-17)20(28)25-14-15-9-11-26(12-10-15)19(27)8-7-18-2-1-13-29-18/h1-8,13,15H,9-12,14H2,(H,25,28)/b8-7+. The van der Waals surface area contributed by atoms with Crippen LogP contribution in [0.1, 0.15) is 34.5 Å². The summed E-state index contributed by atoms with van der Waals surface area (Å²) in [6.45, 7) is 1.59. The van der Waals surface area contributed by atoms with Gasteiger partial charge in [-0.15, -0.1) is 0 Å². The van der Waals surface area contributed by atoms with Gasteiger partial charge in [0.15, 0.2) is 0 Å². The molecule has 1 aliphatic rings. The number of hydrogen-bond donors (Lipinski definition) is 1. The fourth-order valence-electron chi connectivity index (χ4n) is 3.15. The minimum absolute atomic E-state index is 0.0892. The molecule has 2 aromatic rings. The van der Waals surface area contributed by atoms with Gasteiger partial charge in [-0.05, 0) is 61.2 Å². The number of halogens is 3. The smallest absolute Gasteiger partial charge is 0.416 e. The van der Waals surface area contributed by atoms with Crippen molar-refractivity contribution in [2.75, 3.05) is 19.6 Å². The van der Waals surface area contributed by atoms with Crippen molar-refractivity contribution in [3.63, 3.8) is 0 Å². The first-order valence-electron chi connectivity index (χ1n) is 9.29. The Bertz CT molecular complexity index is 850. The summed E-state index contributed by atoms with van der Waals surface area (Å²) in [5, 5.41) is 2.76. The number of carbonyl (C=O) groups is 2. The second kappa shape index (κ2) is 8.98. The van der Waals surface area contributed by atoms with Crippen molar-refractivity contribution in [2.45, 2.75) is 19.0 Å². The summed E-state index contributed by atoms with van der Waals surface area (Å²) in [5.74, 6) is 0.331. The molecule has 0 unspecified atom stereocenters. The van der Waals surface area contributed by atoms with Crippen LogP contribution in [-0.2, 0) is 11.0 Å². The average Bonchev–Trinajstić information content (AvgIpc) is 3.24. The third kappa shape index (κ3) is 5.73. The van der Waals surface area contributed by atoms with Crippen molar-refractivity contribution in [3.05, 3.63) is 65.6 Å². The molecule has 8 heteroatoms. The first-order chi connectivity index (χ1) is 13.8. The third-order valence-corrected chi connectivity index (χ3v) is 4.89. The maximum Gasteiger partial charge on any atom is 0.416 e. The molecule has 1 aromatic carbocycles. The highest BCUT2D eigenvalue weighted by atomic mass is 19.4. The van der Waals surface area contributed by atoms with E-state index >= 15 is 0 Å². The summed E-state index contributed by atoms with van der Waals surface area (Å²) in [7, 11) is 0. The van der Waals surface area contributed by atoms with Crippen LogP contribution >= 0.6 is 0 Å². The molecule has 0 spiro atoms. The molecule has 154 valence electrons. The molecular formula is C21H21F3N2O3. The van der Waals surface area contributed by atoms with Crippen molar-refractivity contribution in [2.24, 2.45) is 5.92 Å². The number of hydrogen-bond acceptors (Lipinski definition) is 3. The van der Waals surface area contributed by atoms with Gasteiger partial charge >= 0.3 is 6.18 Å². The minimum Gasteiger partial charge on any atom is -0.465 e. The van der Waals surface area contributed by atoms with Crippen LogP contribution in [-0.4, -0.2) is 36.3 Å². The summed E-state index contributed by atoms with van der Waals surface area (Å²) < 4.78 is 42.9. The largest absolute Gasteiger partial charge is 0.465 e. The molecule has 5 nitrogen and oxygen atoms in total. The highest BCUT2D eigenvalue weighted by Crippen LogP contribution is 2.29. The molecule has 1 N–H and O–H groups in total. The molecule has 3 rings (SSSR count). The number of piperidine rings is 1. The molecule has 0 radical (unpaired) electrons. The lowest BCUT2D eigenvalue weighted by Crippen LogP contribution is -2.41. The Morgan fingerprint density at radius 2 is 1.83 bits per heavy atom. The lowest BCUT2D eigenvalue weighted by molar-refractivity contribution is -0.137. The molecule has 1 aliphatic heterocycles. The first kappa shape index (κ1) is 20.7. The Labute approximate surface area is 166 Å². The van der Waals surface area contributed by atoms with Gasteiger partial charge in [-0.2, -0.15) is 13.2 Å². The Morgan fingerprint density at radius 3 is 2.41 bits per heavy atom. The maximum absolute atomic E-state index is 12.6. The Hall–Kier alpha value is -3.03. The van der Waals surface area contributed by atoms with Crippen molar-refractivity contribution in [1.82, 2.24) is 10.2 Å². The molecule has 1 saturated heterocycles. The van der Waals surface area contributed by atoms with E-state index in [1.54, 1.807) is 23.1 Å². The quantitative estimate of drug-likeness (QED) is 0.764. The minimum atomic E-state index is -4.42. The van der Waals surface area contributed by atoms with E-state index < -0.39 is 17.6 Å². The molecule has 2 heterocycles. The summed E-state index contributed by atoms with van der Waals surface area (Å²) >= 11 is 0. The Morgan fingerprint density at radius 1 is 1.14 bits per heavy atom. The normalized spacial score (nSPS) is 15.6. The highest BCUT2D eigenvalue weighted by molar-refractivity contribution is 5.94. The van der Waals surface area contributed by atoms with Crippen LogP contribution in [0, 0.1) is 5.92 Å². The molecule has 0 saturated carbocycles. The van der Waals surface area contributed by atoms with Gasteiger partial charge in [-0.1, -0.05) is 0 Å². The Kier molecular flexibility index (Phi) is 6.41. The zero-order chi connectivity index (χ0) is 20.9. The van der Waals surface area contributed by atoms with Crippen molar-refractivity contribution in [1.29, 1.82) is 0 Å². The van der Waals surface area contributed by atoms with Gasteiger partial charge < -0.3 is 14.6 Å². The Balaban J connectivity index is 1.42.